The highest BCUT2D eigenvalue weighted by Gasteiger charge is 2.26. The van der Waals surface area contributed by atoms with Crippen molar-refractivity contribution in [3.05, 3.63) is 95.3 Å². The fraction of sp³-hybridized carbons (Fsp3) is 0.323. The first-order valence-electron chi connectivity index (χ1n) is 13.2. The van der Waals surface area contributed by atoms with E-state index in [1.165, 1.54) is 12.1 Å². The summed E-state index contributed by atoms with van der Waals surface area (Å²) in [5.41, 5.74) is 1.77. The van der Waals surface area contributed by atoms with Crippen LogP contribution in [0.1, 0.15) is 64.8 Å². The Hall–Kier alpha value is -4.20. The van der Waals surface area contributed by atoms with E-state index >= 15 is 0 Å². The average molecular weight is 534 g/mol. The Morgan fingerprint density at radius 2 is 1.54 bits per heavy atom. The van der Waals surface area contributed by atoms with Crippen molar-refractivity contribution in [1.82, 2.24) is 5.32 Å². The molecule has 4 rings (SSSR count). The van der Waals surface area contributed by atoms with Crippen LogP contribution in [0.5, 0.6) is 11.5 Å². The van der Waals surface area contributed by atoms with Gasteiger partial charge in [-0.05, 0) is 98.3 Å². The lowest BCUT2D eigenvalue weighted by atomic mass is 9.87. The van der Waals surface area contributed by atoms with E-state index < -0.39 is 5.97 Å². The largest absolute Gasteiger partial charge is 0.490 e. The molecule has 39 heavy (non-hydrogen) atoms. The van der Waals surface area contributed by atoms with Crippen molar-refractivity contribution in [3.63, 3.8) is 0 Å². The quantitative estimate of drug-likeness (QED) is 0.225. The molecule has 204 valence electrons. The second-order valence-electron chi connectivity index (χ2n) is 9.68. The van der Waals surface area contributed by atoms with Crippen molar-refractivity contribution >= 4 is 17.7 Å². The highest BCUT2D eigenvalue weighted by atomic mass is 19.1. The fourth-order valence-corrected chi connectivity index (χ4v) is 4.53. The third-order valence-corrected chi connectivity index (χ3v) is 6.78. The van der Waals surface area contributed by atoms with E-state index in [0.29, 0.717) is 73.3 Å². The predicted molar refractivity (Wildman–Crippen MR) is 144 cm³/mol. The van der Waals surface area contributed by atoms with Crippen LogP contribution in [0.15, 0.2) is 72.8 Å². The number of amides is 1. The number of ketones is 1. The molecule has 1 amide bonds. The van der Waals surface area contributed by atoms with Gasteiger partial charge in [-0.1, -0.05) is 12.1 Å². The van der Waals surface area contributed by atoms with Gasteiger partial charge < -0.3 is 19.9 Å². The molecule has 0 atom stereocenters. The summed E-state index contributed by atoms with van der Waals surface area (Å²) >= 11 is 0. The summed E-state index contributed by atoms with van der Waals surface area (Å²) in [4.78, 5) is 36.0. The van der Waals surface area contributed by atoms with E-state index in [2.05, 4.69) is 5.32 Å². The minimum absolute atomic E-state index is 0.00489. The molecule has 1 aliphatic rings. The van der Waals surface area contributed by atoms with Gasteiger partial charge in [0.05, 0.1) is 12.0 Å². The highest BCUT2D eigenvalue weighted by Crippen LogP contribution is 2.28. The summed E-state index contributed by atoms with van der Waals surface area (Å²) in [6, 6.07) is 19.9. The SMILES string of the molecule is O=C(CCCNC(=O)c1ccc(OCc2cccc(F)c2)cc1)c1ccc(OC2CCC(C(=O)O)CC2)cc1. The lowest BCUT2D eigenvalue weighted by molar-refractivity contribution is -0.143. The number of carboxylic acid groups (broad SMARTS) is 1. The number of carboxylic acids is 1. The Balaban J connectivity index is 1.14. The smallest absolute Gasteiger partial charge is 0.306 e. The standard InChI is InChI=1S/C31H32FNO6/c32-25-4-1-3-21(19-25)20-38-26-12-8-23(9-13-26)30(35)33-18-2-5-29(34)22-6-14-27(15-7-22)39-28-16-10-24(11-17-28)31(36)37/h1,3-4,6-9,12-15,19,24,28H,2,5,10-11,16-18,20H2,(H,33,35)(H,36,37). The van der Waals surface area contributed by atoms with E-state index in [4.69, 9.17) is 14.6 Å². The molecule has 3 aromatic rings. The molecule has 1 saturated carbocycles. The second kappa shape index (κ2) is 13.6. The molecule has 0 heterocycles. The number of hydrogen-bond donors (Lipinski definition) is 2. The maximum absolute atomic E-state index is 13.3. The molecule has 3 aromatic carbocycles. The van der Waals surface area contributed by atoms with Crippen LogP contribution in [0.4, 0.5) is 4.39 Å². The lowest BCUT2D eigenvalue weighted by Gasteiger charge is -2.26. The van der Waals surface area contributed by atoms with E-state index in [1.807, 2.05) is 0 Å². The Labute approximate surface area is 227 Å². The highest BCUT2D eigenvalue weighted by molar-refractivity contribution is 5.96. The Morgan fingerprint density at radius 1 is 0.872 bits per heavy atom. The second-order valence-corrected chi connectivity index (χ2v) is 9.68. The first-order valence-corrected chi connectivity index (χ1v) is 13.2. The zero-order valence-electron chi connectivity index (χ0n) is 21.6. The van der Waals surface area contributed by atoms with E-state index in [9.17, 15) is 18.8 Å². The van der Waals surface area contributed by atoms with E-state index in [-0.39, 0.29) is 36.1 Å². The van der Waals surface area contributed by atoms with Crippen molar-refractivity contribution in [2.24, 2.45) is 5.92 Å². The Kier molecular flexibility index (Phi) is 9.67. The summed E-state index contributed by atoms with van der Waals surface area (Å²) in [5, 5.41) is 11.9. The van der Waals surface area contributed by atoms with Gasteiger partial charge >= 0.3 is 5.97 Å². The third kappa shape index (κ3) is 8.40. The summed E-state index contributed by atoms with van der Waals surface area (Å²) < 4.78 is 24.9. The fourth-order valence-electron chi connectivity index (χ4n) is 4.53. The van der Waals surface area contributed by atoms with Gasteiger partial charge in [-0.2, -0.15) is 0 Å². The molecule has 1 fully saturated rings. The first kappa shape index (κ1) is 27.8. The molecular weight excluding hydrogens is 501 g/mol. The molecule has 7 nitrogen and oxygen atoms in total. The van der Waals surface area contributed by atoms with Crippen molar-refractivity contribution in [1.29, 1.82) is 0 Å². The molecule has 8 heteroatoms. The molecule has 0 aromatic heterocycles. The lowest BCUT2D eigenvalue weighted by Crippen LogP contribution is -2.27. The number of carbonyl (C=O) groups excluding carboxylic acids is 2. The zero-order chi connectivity index (χ0) is 27.6. The van der Waals surface area contributed by atoms with E-state index in [0.717, 1.165) is 0 Å². The number of rotatable bonds is 12. The van der Waals surface area contributed by atoms with Crippen LogP contribution in [0.25, 0.3) is 0 Å². The van der Waals surface area contributed by atoms with Crippen LogP contribution < -0.4 is 14.8 Å². The molecular formula is C31H32FNO6. The van der Waals surface area contributed by atoms with Crippen molar-refractivity contribution < 1.29 is 33.4 Å². The van der Waals surface area contributed by atoms with Crippen molar-refractivity contribution in [2.45, 2.75) is 51.2 Å². The van der Waals surface area contributed by atoms with Crippen LogP contribution in [0, 0.1) is 11.7 Å². The normalized spacial score (nSPS) is 16.7. The molecule has 0 radical (unpaired) electrons. The summed E-state index contributed by atoms with van der Waals surface area (Å²) in [5.74, 6) is -0.353. The number of nitrogens with one attached hydrogen (secondary N) is 1. The zero-order valence-corrected chi connectivity index (χ0v) is 21.6. The van der Waals surface area contributed by atoms with Crippen molar-refractivity contribution in [2.75, 3.05) is 6.54 Å². The van der Waals surface area contributed by atoms with Gasteiger partial charge in [0.25, 0.3) is 5.91 Å². The minimum atomic E-state index is -0.741. The maximum atomic E-state index is 13.3. The minimum Gasteiger partial charge on any atom is -0.490 e. The van der Waals surface area contributed by atoms with Crippen LogP contribution in [0.2, 0.25) is 0 Å². The molecule has 0 bridgehead atoms. The number of aliphatic carboxylic acids is 1. The predicted octanol–water partition coefficient (Wildman–Crippen LogP) is 5.82. The number of Topliss-reactive ketones (excluding diaryl/α,β-unsaturated/α-hetero) is 1. The number of hydrogen-bond acceptors (Lipinski definition) is 5. The topological polar surface area (TPSA) is 102 Å². The van der Waals surface area contributed by atoms with Crippen LogP contribution in [0.3, 0.4) is 0 Å². The number of carbonyl (C=O) groups is 3. The summed E-state index contributed by atoms with van der Waals surface area (Å²) in [7, 11) is 0. The number of ether oxygens (including phenoxy) is 2. The molecule has 1 aliphatic carbocycles. The Bertz CT molecular complexity index is 1270. The van der Waals surface area contributed by atoms with Gasteiger partial charge in [0.1, 0.15) is 23.9 Å². The molecule has 0 spiro atoms. The van der Waals surface area contributed by atoms with Gasteiger partial charge in [-0.15, -0.1) is 0 Å². The summed E-state index contributed by atoms with van der Waals surface area (Å²) in [6.45, 7) is 0.588. The molecule has 0 aliphatic heterocycles. The molecule has 2 N–H and O–H groups in total. The van der Waals surface area contributed by atoms with Crippen molar-refractivity contribution in [3.8, 4) is 11.5 Å². The first-order chi connectivity index (χ1) is 18.9. The molecule has 0 unspecified atom stereocenters. The number of halogens is 1. The molecule has 0 saturated heterocycles. The van der Waals surface area contributed by atoms with Crippen LogP contribution in [-0.2, 0) is 11.4 Å². The van der Waals surface area contributed by atoms with E-state index in [1.54, 1.807) is 60.7 Å². The average Bonchev–Trinajstić information content (AvgIpc) is 2.95. The van der Waals surface area contributed by atoms with Gasteiger partial charge in [0, 0.05) is 24.1 Å². The van der Waals surface area contributed by atoms with Gasteiger partial charge in [0.2, 0.25) is 0 Å². The number of benzene rings is 3. The Morgan fingerprint density at radius 3 is 2.21 bits per heavy atom. The van der Waals surface area contributed by atoms with Crippen LogP contribution in [-0.4, -0.2) is 35.4 Å². The monoisotopic (exact) mass is 533 g/mol. The van der Waals surface area contributed by atoms with Gasteiger partial charge in [-0.25, -0.2) is 4.39 Å². The third-order valence-electron chi connectivity index (χ3n) is 6.78. The maximum Gasteiger partial charge on any atom is 0.306 e. The summed E-state index contributed by atoms with van der Waals surface area (Å²) in [6.07, 6.45) is 3.44. The van der Waals surface area contributed by atoms with Crippen LogP contribution >= 0.6 is 0 Å². The van der Waals surface area contributed by atoms with Gasteiger partial charge in [0.15, 0.2) is 5.78 Å². The van der Waals surface area contributed by atoms with Gasteiger partial charge in [-0.3, -0.25) is 14.4 Å².